The fraction of sp³-hybridized carbons (Fsp3) is 0.946. The van der Waals surface area contributed by atoms with Gasteiger partial charge in [0.15, 0.2) is 6.29 Å². The van der Waals surface area contributed by atoms with Crippen molar-refractivity contribution in [3.63, 3.8) is 0 Å². The minimum atomic E-state index is -0.473. The summed E-state index contributed by atoms with van der Waals surface area (Å²) in [6, 6.07) is 2.33. The highest BCUT2D eigenvalue weighted by Crippen LogP contribution is 2.89. The fourth-order valence-electron chi connectivity index (χ4n) is 13.7. The van der Waals surface area contributed by atoms with E-state index in [0.717, 1.165) is 12.8 Å². The average molecular weight is 609 g/mol. The molecule has 0 aromatic heterocycles. The van der Waals surface area contributed by atoms with Gasteiger partial charge in [-0.25, -0.2) is 0 Å². The molecule has 8 fully saturated rings. The summed E-state index contributed by atoms with van der Waals surface area (Å²) in [6.45, 7) is 14.0. The van der Waals surface area contributed by atoms with Crippen LogP contribution in [0.5, 0.6) is 0 Å². The Labute approximate surface area is 264 Å². The number of nitriles is 1. The van der Waals surface area contributed by atoms with E-state index in [0.29, 0.717) is 73.0 Å². The molecule has 2 spiro atoms. The lowest BCUT2D eigenvalue weighted by atomic mass is 9.41. The molecule has 6 saturated carbocycles. The summed E-state index contributed by atoms with van der Waals surface area (Å²) in [6.07, 6.45) is 11.9. The van der Waals surface area contributed by atoms with Gasteiger partial charge in [-0.3, -0.25) is 4.79 Å². The molecular weight excluding hydrogens is 552 g/mol. The number of morpholine rings is 1. The molecule has 0 aromatic rings. The first-order valence-electron chi connectivity index (χ1n) is 18.2. The zero-order valence-electron chi connectivity index (χ0n) is 27.9. The summed E-state index contributed by atoms with van der Waals surface area (Å²) >= 11 is 0. The standard InChI is InChI=1S/C37H56N2O5/c1-22-18-24(11-15-38)43-31-30(22)34(4)13-14-37-21-36(37)12-10-27(33(2,3)25(36)8-9-26(37)35(34,5)32(31)41)44-29-20-39(16-17-42-29)28(40)19-23-6-7-23/h22-27,29-32,41H,6-14,16-21H2,1-5H3/t22-,24+,25+,26?,27+,29+,30+,31+,32+,34?,35-,36?,37?/m1/s1. The molecule has 2 aliphatic heterocycles. The maximum absolute atomic E-state index is 12.9. The smallest absolute Gasteiger partial charge is 0.223 e. The van der Waals surface area contributed by atoms with Crippen molar-refractivity contribution in [3.8, 4) is 6.07 Å². The molecule has 0 aromatic carbocycles. The second kappa shape index (κ2) is 9.91. The molecule has 1 N–H and O–H groups in total. The van der Waals surface area contributed by atoms with Gasteiger partial charge >= 0.3 is 0 Å². The van der Waals surface area contributed by atoms with Gasteiger partial charge in [-0.15, -0.1) is 0 Å². The molecule has 1 amide bonds. The van der Waals surface area contributed by atoms with Gasteiger partial charge in [0.1, 0.15) is 0 Å². The fourth-order valence-corrected chi connectivity index (χ4v) is 13.7. The van der Waals surface area contributed by atoms with Crippen LogP contribution in [0.4, 0.5) is 0 Å². The lowest BCUT2D eigenvalue weighted by molar-refractivity contribution is -0.248. The zero-order valence-corrected chi connectivity index (χ0v) is 27.9. The van der Waals surface area contributed by atoms with Gasteiger partial charge in [0.05, 0.1) is 50.1 Å². The first kappa shape index (κ1) is 30.2. The Kier molecular flexibility index (Phi) is 6.79. The van der Waals surface area contributed by atoms with Gasteiger partial charge in [-0.1, -0.05) is 34.6 Å². The normalized spacial score (nSPS) is 53.8. The van der Waals surface area contributed by atoms with Crippen LogP contribution < -0.4 is 0 Å². The van der Waals surface area contributed by atoms with E-state index in [-0.39, 0.29) is 46.8 Å². The zero-order chi connectivity index (χ0) is 30.9. The van der Waals surface area contributed by atoms with Crippen molar-refractivity contribution < 1.29 is 24.1 Å². The lowest BCUT2D eigenvalue weighted by Gasteiger charge is -2.64. The van der Waals surface area contributed by atoms with Crippen molar-refractivity contribution in [2.45, 2.75) is 142 Å². The second-order valence-electron chi connectivity index (χ2n) is 17.9. The summed E-state index contributed by atoms with van der Waals surface area (Å²) in [7, 11) is 0. The number of carbonyl (C=O) groups is 1. The maximum atomic E-state index is 12.9. The highest BCUT2D eigenvalue weighted by Gasteiger charge is 2.84. The Morgan fingerprint density at radius 2 is 1.80 bits per heavy atom. The lowest BCUT2D eigenvalue weighted by Crippen LogP contribution is -2.60. The number of nitrogens with zero attached hydrogens (tertiary/aromatic N) is 2. The Balaban J connectivity index is 1.01. The number of amides is 1. The number of ether oxygens (including phenoxy) is 3. The van der Waals surface area contributed by atoms with Gasteiger partial charge in [0, 0.05) is 18.4 Å². The molecular formula is C37H56N2O5. The molecule has 7 nitrogen and oxygen atoms in total. The molecule has 2 saturated heterocycles. The first-order valence-corrected chi connectivity index (χ1v) is 18.2. The quantitative estimate of drug-likeness (QED) is 0.407. The SMILES string of the molecule is C[C@@H]1C[C@H](CC#N)O[C@H]2[C@H]1C1(C)CCC34CC35CC[C@H](O[C@H]3CN(C(=O)CC6CC6)CCO3)C(C)(C)[C@@H]5CCC4[C@]1(C)[C@H]2O. The van der Waals surface area contributed by atoms with E-state index < -0.39 is 6.10 Å². The average Bonchev–Trinajstić information content (AvgIpc) is 3.90. The third-order valence-corrected chi connectivity index (χ3v) is 16.0. The van der Waals surface area contributed by atoms with E-state index in [1.165, 1.54) is 51.4 Å². The molecule has 2 heterocycles. The predicted octanol–water partition coefficient (Wildman–Crippen LogP) is 6.08. The molecule has 13 atom stereocenters. The van der Waals surface area contributed by atoms with Crippen molar-refractivity contribution in [3.05, 3.63) is 0 Å². The Bertz CT molecular complexity index is 1230. The number of aliphatic hydroxyl groups is 1. The molecule has 8 rings (SSSR count). The molecule has 7 heteroatoms. The third-order valence-electron chi connectivity index (χ3n) is 16.0. The Hall–Kier alpha value is -1.20. The van der Waals surface area contributed by atoms with Crippen LogP contribution in [-0.2, 0) is 19.0 Å². The number of hydrogen-bond donors (Lipinski definition) is 1. The van der Waals surface area contributed by atoms with Crippen molar-refractivity contribution in [2.75, 3.05) is 19.7 Å². The van der Waals surface area contributed by atoms with Crippen molar-refractivity contribution in [1.82, 2.24) is 4.90 Å². The first-order chi connectivity index (χ1) is 20.9. The number of fused-ring (bicyclic) bond motifs is 4. The van der Waals surface area contributed by atoms with E-state index in [1.54, 1.807) is 0 Å². The molecule has 0 bridgehead atoms. The number of carbonyl (C=O) groups excluding carboxylic acids is 1. The number of hydrogen-bond acceptors (Lipinski definition) is 6. The highest BCUT2D eigenvalue weighted by molar-refractivity contribution is 5.76. The van der Waals surface area contributed by atoms with E-state index in [9.17, 15) is 15.2 Å². The predicted molar refractivity (Wildman–Crippen MR) is 165 cm³/mol. The van der Waals surface area contributed by atoms with Crippen molar-refractivity contribution in [2.24, 2.45) is 56.7 Å². The second-order valence-corrected chi connectivity index (χ2v) is 17.9. The van der Waals surface area contributed by atoms with Gasteiger partial charge in [-0.2, -0.15) is 5.26 Å². The Morgan fingerprint density at radius 3 is 2.55 bits per heavy atom. The van der Waals surface area contributed by atoms with E-state index >= 15 is 0 Å². The summed E-state index contributed by atoms with van der Waals surface area (Å²) in [5.74, 6) is 2.80. The van der Waals surface area contributed by atoms with Gasteiger partial charge in [0.2, 0.25) is 5.91 Å². The topological polar surface area (TPSA) is 92.0 Å². The van der Waals surface area contributed by atoms with E-state index in [2.05, 4.69) is 40.7 Å². The molecule has 8 aliphatic rings. The molecule has 244 valence electrons. The van der Waals surface area contributed by atoms with Crippen LogP contribution in [-0.4, -0.2) is 66.3 Å². The van der Waals surface area contributed by atoms with Crippen LogP contribution in [0.3, 0.4) is 0 Å². The third kappa shape index (κ3) is 3.90. The minimum absolute atomic E-state index is 0.0302. The Morgan fingerprint density at radius 1 is 1.05 bits per heavy atom. The molecule has 6 aliphatic carbocycles. The van der Waals surface area contributed by atoms with Crippen molar-refractivity contribution in [1.29, 1.82) is 5.26 Å². The molecule has 0 radical (unpaired) electrons. The van der Waals surface area contributed by atoms with Crippen LogP contribution in [0.2, 0.25) is 0 Å². The largest absolute Gasteiger partial charge is 0.390 e. The monoisotopic (exact) mass is 608 g/mol. The molecule has 44 heavy (non-hydrogen) atoms. The van der Waals surface area contributed by atoms with Crippen LogP contribution in [0, 0.1) is 68.0 Å². The summed E-state index contributed by atoms with van der Waals surface area (Å²) < 4.78 is 19.6. The summed E-state index contributed by atoms with van der Waals surface area (Å²) in [5.41, 5.74) is 0.560. The minimum Gasteiger partial charge on any atom is -0.390 e. The van der Waals surface area contributed by atoms with E-state index in [4.69, 9.17) is 14.2 Å². The highest BCUT2D eigenvalue weighted by atomic mass is 16.7. The van der Waals surface area contributed by atoms with Crippen LogP contribution >= 0.6 is 0 Å². The number of aliphatic hydroxyl groups excluding tert-OH is 1. The summed E-state index contributed by atoms with van der Waals surface area (Å²) in [5, 5.41) is 21.7. The molecule has 4 unspecified atom stereocenters. The van der Waals surface area contributed by atoms with Crippen LogP contribution in [0.15, 0.2) is 0 Å². The van der Waals surface area contributed by atoms with Crippen molar-refractivity contribution >= 4 is 5.91 Å². The van der Waals surface area contributed by atoms with Crippen LogP contribution in [0.25, 0.3) is 0 Å². The van der Waals surface area contributed by atoms with Gasteiger partial charge in [-0.05, 0) is 115 Å². The summed E-state index contributed by atoms with van der Waals surface area (Å²) in [4.78, 5) is 14.8. The van der Waals surface area contributed by atoms with Gasteiger partial charge in [0.25, 0.3) is 0 Å². The maximum Gasteiger partial charge on any atom is 0.223 e. The van der Waals surface area contributed by atoms with Crippen LogP contribution in [0.1, 0.15) is 112 Å². The van der Waals surface area contributed by atoms with E-state index in [1.807, 2.05) is 4.90 Å². The van der Waals surface area contributed by atoms with Gasteiger partial charge < -0.3 is 24.2 Å². The number of rotatable bonds is 5.